The summed E-state index contributed by atoms with van der Waals surface area (Å²) in [6.07, 6.45) is 5.24. The van der Waals surface area contributed by atoms with E-state index in [9.17, 15) is 4.79 Å². The normalized spacial score (nSPS) is 17.1. The van der Waals surface area contributed by atoms with E-state index in [0.29, 0.717) is 5.78 Å². The lowest BCUT2D eigenvalue weighted by Gasteiger charge is -2.05. The molecule has 0 saturated heterocycles. The predicted molar refractivity (Wildman–Crippen MR) is 42.1 cm³/mol. The Morgan fingerprint density at radius 1 is 1.00 bits per heavy atom. The lowest BCUT2D eigenvalue weighted by atomic mass is 10.00. The van der Waals surface area contributed by atoms with Crippen LogP contribution in [0.15, 0.2) is 0 Å². The van der Waals surface area contributed by atoms with Gasteiger partial charge in [-0.25, -0.2) is 9.78 Å². The van der Waals surface area contributed by atoms with Gasteiger partial charge >= 0.3 is 0 Å². The third-order valence-corrected chi connectivity index (χ3v) is 1.58. The molecule has 3 heteroatoms. The zero-order valence-corrected chi connectivity index (χ0v) is 7.26. The minimum atomic E-state index is 0.464. The molecule has 1 saturated carbocycles. The van der Waals surface area contributed by atoms with Crippen molar-refractivity contribution in [1.82, 2.24) is 0 Å². The first-order chi connectivity index (χ1) is 5.31. The second kappa shape index (κ2) is 7.69. The summed E-state index contributed by atoms with van der Waals surface area (Å²) in [7, 11) is 2.92. The van der Waals surface area contributed by atoms with Crippen LogP contribution in [0.2, 0.25) is 0 Å². The molecule has 1 rings (SSSR count). The van der Waals surface area contributed by atoms with Crippen LogP contribution in [0.5, 0.6) is 0 Å². The van der Waals surface area contributed by atoms with E-state index in [-0.39, 0.29) is 0 Å². The molecular weight excluding hydrogens is 144 g/mol. The Balaban J connectivity index is 0.000000218. The van der Waals surface area contributed by atoms with Gasteiger partial charge in [0.05, 0.1) is 14.2 Å². The molecule has 0 aromatic rings. The van der Waals surface area contributed by atoms with Crippen LogP contribution >= 0.6 is 0 Å². The monoisotopic (exact) mass is 160 g/mol. The summed E-state index contributed by atoms with van der Waals surface area (Å²) in [5, 5.41) is 0. The summed E-state index contributed by atoms with van der Waals surface area (Å²) in [6.45, 7) is 0. The standard InChI is InChI=1S/C6H10O.C2H6O2/c7-6-4-2-1-3-5-6;1-3-4-2/h1-5H2;1-2H3. The molecular formula is C8H16O3. The van der Waals surface area contributed by atoms with Crippen LogP contribution in [-0.2, 0) is 14.6 Å². The van der Waals surface area contributed by atoms with E-state index in [4.69, 9.17) is 0 Å². The highest BCUT2D eigenvalue weighted by Gasteiger charge is 2.05. The summed E-state index contributed by atoms with van der Waals surface area (Å²) in [4.78, 5) is 18.5. The van der Waals surface area contributed by atoms with Gasteiger partial charge < -0.3 is 0 Å². The number of ketones is 1. The van der Waals surface area contributed by atoms with E-state index >= 15 is 0 Å². The van der Waals surface area contributed by atoms with E-state index in [1.165, 1.54) is 20.6 Å². The van der Waals surface area contributed by atoms with E-state index in [1.807, 2.05) is 0 Å². The Bertz CT molecular complexity index is 91.5. The first kappa shape index (κ1) is 10.6. The Morgan fingerprint density at radius 3 is 1.64 bits per heavy atom. The Morgan fingerprint density at radius 2 is 1.45 bits per heavy atom. The van der Waals surface area contributed by atoms with Gasteiger partial charge in [0.2, 0.25) is 0 Å². The van der Waals surface area contributed by atoms with Crippen molar-refractivity contribution in [3.05, 3.63) is 0 Å². The van der Waals surface area contributed by atoms with E-state index < -0.39 is 0 Å². The van der Waals surface area contributed by atoms with Crippen molar-refractivity contribution in [2.24, 2.45) is 0 Å². The molecule has 0 aromatic carbocycles. The van der Waals surface area contributed by atoms with Crippen molar-refractivity contribution in [3.63, 3.8) is 0 Å². The molecule has 0 radical (unpaired) electrons. The first-order valence-electron chi connectivity index (χ1n) is 3.89. The van der Waals surface area contributed by atoms with Gasteiger partial charge in [-0.3, -0.25) is 4.79 Å². The molecule has 11 heavy (non-hydrogen) atoms. The van der Waals surface area contributed by atoms with Crippen molar-refractivity contribution in [2.75, 3.05) is 14.2 Å². The molecule has 0 bridgehead atoms. The Hall–Kier alpha value is -0.410. The van der Waals surface area contributed by atoms with Gasteiger partial charge in [0.15, 0.2) is 0 Å². The highest BCUT2D eigenvalue weighted by atomic mass is 17.2. The predicted octanol–water partition coefficient (Wildman–Crippen LogP) is 1.71. The summed E-state index contributed by atoms with van der Waals surface area (Å²) in [6, 6.07) is 0. The summed E-state index contributed by atoms with van der Waals surface area (Å²) < 4.78 is 0. The summed E-state index contributed by atoms with van der Waals surface area (Å²) >= 11 is 0. The average molecular weight is 160 g/mol. The fraction of sp³-hybridized carbons (Fsp3) is 0.875. The SMILES string of the molecule is COOC.O=C1CCCCC1. The average Bonchev–Trinajstić information content (AvgIpc) is 2.07. The molecule has 0 heterocycles. The van der Waals surface area contributed by atoms with Crippen molar-refractivity contribution in [2.45, 2.75) is 32.1 Å². The molecule has 0 amide bonds. The molecule has 1 aliphatic rings. The van der Waals surface area contributed by atoms with Gasteiger partial charge in [0.1, 0.15) is 5.78 Å². The number of hydrogen-bond donors (Lipinski definition) is 0. The number of carbonyl (C=O) groups is 1. The lowest BCUT2D eigenvalue weighted by molar-refractivity contribution is -0.248. The maximum absolute atomic E-state index is 10.5. The van der Waals surface area contributed by atoms with Gasteiger partial charge in [-0.1, -0.05) is 6.42 Å². The number of carbonyl (C=O) groups excluding carboxylic acids is 1. The second-order valence-corrected chi connectivity index (χ2v) is 2.43. The van der Waals surface area contributed by atoms with Crippen LogP contribution in [0.4, 0.5) is 0 Å². The van der Waals surface area contributed by atoms with Crippen LogP contribution in [0, 0.1) is 0 Å². The van der Waals surface area contributed by atoms with Crippen LogP contribution in [-0.4, -0.2) is 20.0 Å². The number of rotatable bonds is 1. The molecule has 0 unspecified atom stereocenters. The summed E-state index contributed by atoms with van der Waals surface area (Å²) in [5.74, 6) is 0.464. The van der Waals surface area contributed by atoms with Crippen LogP contribution in [0.3, 0.4) is 0 Å². The molecule has 1 fully saturated rings. The van der Waals surface area contributed by atoms with Crippen LogP contribution < -0.4 is 0 Å². The minimum absolute atomic E-state index is 0.464. The molecule has 0 aliphatic heterocycles. The van der Waals surface area contributed by atoms with Crippen molar-refractivity contribution in [3.8, 4) is 0 Å². The third-order valence-electron chi connectivity index (χ3n) is 1.58. The molecule has 0 spiro atoms. The minimum Gasteiger partial charge on any atom is -0.300 e. The first-order valence-corrected chi connectivity index (χ1v) is 3.89. The topological polar surface area (TPSA) is 35.5 Å². The number of Topliss-reactive ketones (excluding diaryl/α,β-unsaturated/α-hetero) is 1. The van der Waals surface area contributed by atoms with E-state index in [2.05, 4.69) is 9.78 Å². The third kappa shape index (κ3) is 7.49. The van der Waals surface area contributed by atoms with Crippen LogP contribution in [0.25, 0.3) is 0 Å². The lowest BCUT2D eigenvalue weighted by Crippen LogP contribution is -2.02. The Kier molecular flexibility index (Phi) is 7.41. The fourth-order valence-electron chi connectivity index (χ4n) is 0.946. The fourth-order valence-corrected chi connectivity index (χ4v) is 0.946. The number of hydrogen-bond acceptors (Lipinski definition) is 3. The summed E-state index contributed by atoms with van der Waals surface area (Å²) in [5.41, 5.74) is 0. The quantitative estimate of drug-likeness (QED) is 0.432. The van der Waals surface area contributed by atoms with E-state index in [1.54, 1.807) is 0 Å². The molecule has 0 aromatic heterocycles. The van der Waals surface area contributed by atoms with Crippen LogP contribution in [0.1, 0.15) is 32.1 Å². The van der Waals surface area contributed by atoms with Gasteiger partial charge in [-0.15, -0.1) is 0 Å². The molecule has 3 nitrogen and oxygen atoms in total. The zero-order chi connectivity index (χ0) is 8.53. The Labute approximate surface area is 67.6 Å². The second-order valence-electron chi connectivity index (χ2n) is 2.43. The van der Waals surface area contributed by atoms with Gasteiger partial charge in [0, 0.05) is 12.8 Å². The maximum Gasteiger partial charge on any atom is 0.132 e. The largest absolute Gasteiger partial charge is 0.300 e. The van der Waals surface area contributed by atoms with Gasteiger partial charge in [-0.2, -0.15) is 0 Å². The van der Waals surface area contributed by atoms with Crippen molar-refractivity contribution < 1.29 is 14.6 Å². The molecule has 0 N–H and O–H groups in total. The van der Waals surface area contributed by atoms with Gasteiger partial charge in [0.25, 0.3) is 0 Å². The highest BCUT2D eigenvalue weighted by Crippen LogP contribution is 2.12. The molecule has 0 atom stereocenters. The maximum atomic E-state index is 10.5. The molecule has 1 aliphatic carbocycles. The van der Waals surface area contributed by atoms with Crippen molar-refractivity contribution >= 4 is 5.78 Å². The van der Waals surface area contributed by atoms with Gasteiger partial charge in [-0.05, 0) is 12.8 Å². The molecule has 66 valence electrons. The van der Waals surface area contributed by atoms with Crippen molar-refractivity contribution in [1.29, 1.82) is 0 Å². The highest BCUT2D eigenvalue weighted by molar-refractivity contribution is 5.78. The van der Waals surface area contributed by atoms with E-state index in [0.717, 1.165) is 25.7 Å². The smallest absolute Gasteiger partial charge is 0.132 e. The zero-order valence-electron chi connectivity index (χ0n) is 7.26.